The van der Waals surface area contributed by atoms with Crippen molar-refractivity contribution < 1.29 is 9.90 Å². The van der Waals surface area contributed by atoms with Gasteiger partial charge in [0.15, 0.2) is 0 Å². The lowest BCUT2D eigenvalue weighted by molar-refractivity contribution is -0.144. The number of carboxylic acid groups (broad SMARTS) is 1. The molecule has 2 heteroatoms. The van der Waals surface area contributed by atoms with E-state index < -0.39 is 5.97 Å². The topological polar surface area (TPSA) is 37.3 Å². The molecule has 1 saturated carbocycles. The second kappa shape index (κ2) is 2.35. The molecule has 0 radical (unpaired) electrons. The maximum absolute atomic E-state index is 10.9. The number of fused-ring (bicyclic) bond motifs is 2. The van der Waals surface area contributed by atoms with Gasteiger partial charge >= 0.3 is 5.97 Å². The van der Waals surface area contributed by atoms with E-state index in [1.54, 1.807) is 0 Å². The Labute approximate surface area is 72.3 Å². The minimum absolute atomic E-state index is 0.112. The molecule has 0 saturated heterocycles. The first-order chi connectivity index (χ1) is 5.61. The Kier molecular flexibility index (Phi) is 1.53. The molecule has 4 atom stereocenters. The molecule has 0 aromatic heterocycles. The molecule has 2 aliphatic carbocycles. The Bertz CT molecular complexity index is 255. The van der Waals surface area contributed by atoms with E-state index in [2.05, 4.69) is 19.9 Å². The van der Waals surface area contributed by atoms with E-state index in [0.717, 1.165) is 6.42 Å². The predicted octanol–water partition coefficient (Wildman–Crippen LogP) is 1.92. The number of carbonyl (C=O) groups is 1. The first-order valence-electron chi connectivity index (χ1n) is 4.52. The average Bonchev–Trinajstić information content (AvgIpc) is 2.42. The second-order valence-electron chi connectivity index (χ2n) is 4.14. The second-order valence-corrected chi connectivity index (χ2v) is 4.14. The van der Waals surface area contributed by atoms with E-state index in [9.17, 15) is 4.79 Å². The van der Waals surface area contributed by atoms with Crippen molar-refractivity contribution in [2.45, 2.75) is 20.3 Å². The first-order valence-corrected chi connectivity index (χ1v) is 4.52. The smallest absolute Gasteiger partial charge is 0.307 e. The number of hydrogen-bond acceptors (Lipinski definition) is 1. The Morgan fingerprint density at radius 3 is 2.75 bits per heavy atom. The Morgan fingerprint density at radius 1 is 1.67 bits per heavy atom. The number of aliphatic carboxylic acids is 1. The quantitative estimate of drug-likeness (QED) is 0.604. The normalized spacial score (nSPS) is 44.7. The van der Waals surface area contributed by atoms with Gasteiger partial charge in [0.05, 0.1) is 5.92 Å². The minimum atomic E-state index is -0.612. The highest BCUT2D eigenvalue weighted by Gasteiger charge is 2.47. The summed E-state index contributed by atoms with van der Waals surface area (Å²) < 4.78 is 0. The number of carboxylic acids is 1. The van der Waals surface area contributed by atoms with Gasteiger partial charge in [-0.2, -0.15) is 0 Å². The number of allylic oxidation sites excluding steroid dienone is 2. The lowest BCUT2D eigenvalue weighted by atomic mass is 9.81. The summed E-state index contributed by atoms with van der Waals surface area (Å²) in [5, 5.41) is 8.96. The van der Waals surface area contributed by atoms with Crippen molar-refractivity contribution in [2.75, 3.05) is 0 Å². The van der Waals surface area contributed by atoms with Crippen molar-refractivity contribution in [3.05, 3.63) is 11.6 Å². The van der Waals surface area contributed by atoms with Gasteiger partial charge in [-0.1, -0.05) is 18.6 Å². The van der Waals surface area contributed by atoms with Gasteiger partial charge in [0.1, 0.15) is 0 Å². The van der Waals surface area contributed by atoms with Gasteiger partial charge in [-0.05, 0) is 31.1 Å². The summed E-state index contributed by atoms with van der Waals surface area (Å²) in [6.07, 6.45) is 3.23. The van der Waals surface area contributed by atoms with Gasteiger partial charge < -0.3 is 5.11 Å². The van der Waals surface area contributed by atoms with Crippen molar-refractivity contribution in [3.63, 3.8) is 0 Å². The molecule has 1 fully saturated rings. The third-order valence-corrected chi connectivity index (χ3v) is 3.54. The third-order valence-electron chi connectivity index (χ3n) is 3.54. The summed E-state index contributed by atoms with van der Waals surface area (Å²) in [6.45, 7) is 4.19. The van der Waals surface area contributed by atoms with Gasteiger partial charge in [-0.15, -0.1) is 0 Å². The first kappa shape index (κ1) is 7.84. The standard InChI is InChI=1S/C10H14O2/c1-5-3-7-4-8(5)6(2)9(7)10(11)12/h3,6-9H,4H2,1-2H3,(H,11,12). The van der Waals surface area contributed by atoms with Gasteiger partial charge in [-0.25, -0.2) is 0 Å². The summed E-state index contributed by atoms with van der Waals surface area (Å²) in [5.74, 6) is 0.494. The summed E-state index contributed by atoms with van der Waals surface area (Å²) >= 11 is 0. The molecule has 0 aliphatic heterocycles. The zero-order valence-electron chi connectivity index (χ0n) is 7.45. The third kappa shape index (κ3) is 0.838. The van der Waals surface area contributed by atoms with Crippen LogP contribution in [0.1, 0.15) is 20.3 Å². The van der Waals surface area contributed by atoms with Crippen LogP contribution >= 0.6 is 0 Å². The fraction of sp³-hybridized carbons (Fsp3) is 0.700. The van der Waals surface area contributed by atoms with Gasteiger partial charge in [0.2, 0.25) is 0 Å². The van der Waals surface area contributed by atoms with Crippen molar-refractivity contribution in [1.29, 1.82) is 0 Å². The molecule has 0 amide bonds. The highest BCUT2D eigenvalue weighted by molar-refractivity contribution is 5.72. The Hall–Kier alpha value is -0.790. The lowest BCUT2D eigenvalue weighted by Crippen LogP contribution is -2.26. The van der Waals surface area contributed by atoms with E-state index in [1.807, 2.05) is 0 Å². The Balaban J connectivity index is 2.28. The van der Waals surface area contributed by atoms with Crippen molar-refractivity contribution in [1.82, 2.24) is 0 Å². The van der Waals surface area contributed by atoms with Crippen LogP contribution in [0, 0.1) is 23.7 Å². The van der Waals surface area contributed by atoms with Crippen molar-refractivity contribution in [3.8, 4) is 0 Å². The van der Waals surface area contributed by atoms with Crippen LogP contribution in [0.3, 0.4) is 0 Å². The summed E-state index contributed by atoms with van der Waals surface area (Å²) in [6, 6.07) is 0. The van der Waals surface area contributed by atoms with E-state index in [1.165, 1.54) is 5.57 Å². The SMILES string of the molecule is CC1=CC2CC1C(C)C2C(=O)O. The highest BCUT2D eigenvalue weighted by atomic mass is 16.4. The van der Waals surface area contributed by atoms with Crippen LogP contribution in [0.15, 0.2) is 11.6 Å². The molecule has 0 heterocycles. The largest absolute Gasteiger partial charge is 0.481 e. The summed E-state index contributed by atoms with van der Waals surface area (Å²) in [7, 11) is 0. The van der Waals surface area contributed by atoms with E-state index >= 15 is 0 Å². The van der Waals surface area contributed by atoms with Gasteiger partial charge in [0, 0.05) is 0 Å². The summed E-state index contributed by atoms with van der Waals surface area (Å²) in [5.41, 5.74) is 1.41. The molecule has 0 spiro atoms. The van der Waals surface area contributed by atoms with Crippen LogP contribution in [-0.4, -0.2) is 11.1 Å². The van der Waals surface area contributed by atoms with E-state index in [0.29, 0.717) is 17.8 Å². The van der Waals surface area contributed by atoms with Gasteiger partial charge in [-0.3, -0.25) is 4.79 Å². The molecule has 2 bridgehead atoms. The maximum atomic E-state index is 10.9. The maximum Gasteiger partial charge on any atom is 0.307 e. The van der Waals surface area contributed by atoms with Crippen LogP contribution in [0.2, 0.25) is 0 Å². The molecule has 2 nitrogen and oxygen atoms in total. The van der Waals surface area contributed by atoms with Crippen molar-refractivity contribution >= 4 is 5.97 Å². The number of hydrogen-bond donors (Lipinski definition) is 1. The molecule has 2 rings (SSSR count). The predicted molar refractivity (Wildman–Crippen MR) is 45.6 cm³/mol. The van der Waals surface area contributed by atoms with Crippen LogP contribution in [-0.2, 0) is 4.79 Å². The molecule has 12 heavy (non-hydrogen) atoms. The fourth-order valence-corrected chi connectivity index (χ4v) is 2.94. The summed E-state index contributed by atoms with van der Waals surface area (Å²) in [4.78, 5) is 10.9. The van der Waals surface area contributed by atoms with Gasteiger partial charge in [0.25, 0.3) is 0 Å². The van der Waals surface area contributed by atoms with Crippen LogP contribution < -0.4 is 0 Å². The molecule has 0 aromatic carbocycles. The molecule has 2 aliphatic rings. The van der Waals surface area contributed by atoms with Crippen LogP contribution in [0.5, 0.6) is 0 Å². The molecule has 4 unspecified atom stereocenters. The molecule has 1 N–H and O–H groups in total. The van der Waals surface area contributed by atoms with Crippen LogP contribution in [0.25, 0.3) is 0 Å². The fourth-order valence-electron chi connectivity index (χ4n) is 2.94. The molecule has 0 aromatic rings. The molecule has 66 valence electrons. The van der Waals surface area contributed by atoms with E-state index in [-0.39, 0.29) is 5.92 Å². The molecular formula is C10H14O2. The Morgan fingerprint density at radius 2 is 2.33 bits per heavy atom. The minimum Gasteiger partial charge on any atom is -0.481 e. The van der Waals surface area contributed by atoms with Crippen LogP contribution in [0.4, 0.5) is 0 Å². The zero-order chi connectivity index (χ0) is 8.88. The molecular weight excluding hydrogens is 152 g/mol. The average molecular weight is 166 g/mol. The zero-order valence-corrected chi connectivity index (χ0v) is 7.45. The highest BCUT2D eigenvalue weighted by Crippen LogP contribution is 2.51. The monoisotopic (exact) mass is 166 g/mol. The van der Waals surface area contributed by atoms with Crippen molar-refractivity contribution in [2.24, 2.45) is 23.7 Å². The van der Waals surface area contributed by atoms with E-state index in [4.69, 9.17) is 5.11 Å². The number of rotatable bonds is 1. The lowest BCUT2D eigenvalue weighted by Gasteiger charge is -2.23.